The molecule has 0 radical (unpaired) electrons. The molecule has 1 heterocycles. The second-order valence-electron chi connectivity index (χ2n) is 4.24. The minimum absolute atomic E-state index is 0.268. The number of carboxylic acid groups (broad SMARTS) is 1. The summed E-state index contributed by atoms with van der Waals surface area (Å²) in [5.74, 6) is -2.62. The molecule has 0 saturated heterocycles. The van der Waals surface area contributed by atoms with Crippen LogP contribution in [0.15, 0.2) is 29.6 Å². The van der Waals surface area contributed by atoms with Crippen molar-refractivity contribution >= 4 is 34.0 Å². The first-order valence-corrected chi connectivity index (χ1v) is 6.63. The maximum atomic E-state index is 11.0. The van der Waals surface area contributed by atoms with Crippen LogP contribution in [0.25, 0.3) is 11.3 Å². The van der Waals surface area contributed by atoms with E-state index in [-0.39, 0.29) is 5.13 Å². The largest absolute Gasteiger partial charge is 0.474 e. The number of carboxylic acids is 1. The predicted molar refractivity (Wildman–Crippen MR) is 78.1 cm³/mol. The molecule has 0 fully saturated rings. The van der Waals surface area contributed by atoms with Gasteiger partial charge in [-0.1, -0.05) is 12.1 Å². The second kappa shape index (κ2) is 5.70. The van der Waals surface area contributed by atoms with Crippen LogP contribution in [0.1, 0.15) is 0 Å². The van der Waals surface area contributed by atoms with Gasteiger partial charge in [0.25, 0.3) is 0 Å². The average molecular weight is 291 g/mol. The molecule has 0 atom stereocenters. The van der Waals surface area contributed by atoms with Crippen molar-refractivity contribution in [1.29, 1.82) is 0 Å². The number of thiazole rings is 1. The monoisotopic (exact) mass is 291 g/mol. The zero-order chi connectivity index (χ0) is 14.7. The number of nitrogens with one attached hydrogen (secondary N) is 1. The summed E-state index contributed by atoms with van der Waals surface area (Å²) in [6.45, 7) is 0. The lowest BCUT2D eigenvalue weighted by atomic mass is 10.1. The smallest absolute Gasteiger partial charge is 0.394 e. The van der Waals surface area contributed by atoms with Gasteiger partial charge in [-0.05, 0) is 12.1 Å². The van der Waals surface area contributed by atoms with Crippen molar-refractivity contribution in [3.63, 3.8) is 0 Å². The van der Waals surface area contributed by atoms with Gasteiger partial charge in [-0.2, -0.15) is 0 Å². The van der Waals surface area contributed by atoms with Crippen molar-refractivity contribution in [2.75, 3.05) is 24.3 Å². The first-order chi connectivity index (χ1) is 9.47. The highest BCUT2D eigenvalue weighted by Gasteiger charge is 2.13. The van der Waals surface area contributed by atoms with Crippen LogP contribution in [-0.2, 0) is 9.59 Å². The molecule has 0 aliphatic rings. The van der Waals surface area contributed by atoms with Gasteiger partial charge < -0.3 is 10.0 Å². The van der Waals surface area contributed by atoms with E-state index in [1.165, 1.54) is 11.3 Å². The number of hydrogen-bond acceptors (Lipinski definition) is 5. The summed E-state index contributed by atoms with van der Waals surface area (Å²) in [6, 6.07) is 7.77. The molecule has 0 saturated carbocycles. The lowest BCUT2D eigenvalue weighted by Crippen LogP contribution is -2.21. The molecular formula is C13H13N3O3S. The Bertz CT molecular complexity index is 635. The minimum Gasteiger partial charge on any atom is -0.474 e. The first kappa shape index (κ1) is 14.0. The summed E-state index contributed by atoms with van der Waals surface area (Å²) < 4.78 is 0. The highest BCUT2D eigenvalue weighted by molar-refractivity contribution is 7.14. The molecule has 2 N–H and O–H groups in total. The van der Waals surface area contributed by atoms with Crippen molar-refractivity contribution in [1.82, 2.24) is 4.98 Å². The van der Waals surface area contributed by atoms with E-state index in [2.05, 4.69) is 10.3 Å². The normalized spacial score (nSPS) is 10.1. The zero-order valence-electron chi connectivity index (χ0n) is 11.0. The Morgan fingerprint density at radius 1 is 1.25 bits per heavy atom. The maximum Gasteiger partial charge on any atom is 0.394 e. The van der Waals surface area contributed by atoms with Crippen LogP contribution in [0.2, 0.25) is 0 Å². The first-order valence-electron chi connectivity index (χ1n) is 5.75. The Morgan fingerprint density at radius 2 is 1.90 bits per heavy atom. The average Bonchev–Trinajstić information content (AvgIpc) is 2.87. The molecule has 1 aromatic carbocycles. The van der Waals surface area contributed by atoms with Crippen LogP contribution in [0, 0.1) is 0 Å². The molecule has 0 bridgehead atoms. The predicted octanol–water partition coefficient (Wildman–Crippen LogP) is 1.90. The summed E-state index contributed by atoms with van der Waals surface area (Å²) in [4.78, 5) is 27.6. The van der Waals surface area contributed by atoms with E-state index in [9.17, 15) is 9.59 Å². The van der Waals surface area contributed by atoms with Crippen LogP contribution in [0.5, 0.6) is 0 Å². The molecular weight excluding hydrogens is 278 g/mol. The summed E-state index contributed by atoms with van der Waals surface area (Å²) in [6.07, 6.45) is 0. The van der Waals surface area contributed by atoms with E-state index < -0.39 is 11.9 Å². The van der Waals surface area contributed by atoms with Gasteiger partial charge in [0.1, 0.15) is 0 Å². The summed E-state index contributed by atoms with van der Waals surface area (Å²) >= 11 is 1.18. The molecule has 0 spiro atoms. The fourth-order valence-electron chi connectivity index (χ4n) is 1.54. The molecule has 104 valence electrons. The number of carbonyl (C=O) groups is 2. The van der Waals surface area contributed by atoms with E-state index in [0.29, 0.717) is 5.69 Å². The Balaban J connectivity index is 2.16. The van der Waals surface area contributed by atoms with E-state index in [4.69, 9.17) is 5.11 Å². The number of rotatable bonds is 3. The van der Waals surface area contributed by atoms with Gasteiger partial charge in [0.05, 0.1) is 5.69 Å². The van der Waals surface area contributed by atoms with Crippen molar-refractivity contribution in [3.8, 4) is 11.3 Å². The van der Waals surface area contributed by atoms with Crippen molar-refractivity contribution in [2.45, 2.75) is 0 Å². The van der Waals surface area contributed by atoms with Gasteiger partial charge >= 0.3 is 11.9 Å². The molecule has 1 amide bonds. The second-order valence-corrected chi connectivity index (χ2v) is 5.10. The number of anilines is 2. The van der Waals surface area contributed by atoms with Crippen molar-refractivity contribution < 1.29 is 14.7 Å². The third-order valence-corrected chi connectivity index (χ3v) is 3.36. The minimum atomic E-state index is -1.53. The Kier molecular flexibility index (Phi) is 3.99. The SMILES string of the molecule is CN(C)c1ccc(-c2csc(NC(=O)C(=O)O)n2)cc1. The highest BCUT2D eigenvalue weighted by atomic mass is 32.1. The summed E-state index contributed by atoms with van der Waals surface area (Å²) in [5.41, 5.74) is 2.67. The van der Waals surface area contributed by atoms with E-state index in [1.807, 2.05) is 43.3 Å². The summed E-state index contributed by atoms with van der Waals surface area (Å²) in [5, 5.41) is 12.8. The number of nitrogens with zero attached hydrogens (tertiary/aromatic N) is 2. The lowest BCUT2D eigenvalue weighted by Gasteiger charge is -2.12. The Hall–Kier alpha value is -2.41. The van der Waals surface area contributed by atoms with E-state index in [0.717, 1.165) is 11.3 Å². The van der Waals surface area contributed by atoms with Gasteiger partial charge in [-0.15, -0.1) is 11.3 Å². The molecule has 0 aliphatic heterocycles. The number of hydrogen-bond donors (Lipinski definition) is 2. The molecule has 6 nitrogen and oxygen atoms in total. The molecule has 2 rings (SSSR count). The van der Waals surface area contributed by atoms with Gasteiger partial charge in [0.2, 0.25) is 0 Å². The van der Waals surface area contributed by atoms with E-state index in [1.54, 1.807) is 5.38 Å². The van der Waals surface area contributed by atoms with Crippen LogP contribution < -0.4 is 10.2 Å². The van der Waals surface area contributed by atoms with Crippen LogP contribution in [0.4, 0.5) is 10.8 Å². The molecule has 2 aromatic rings. The fraction of sp³-hybridized carbons (Fsp3) is 0.154. The number of aliphatic carboxylic acids is 1. The van der Waals surface area contributed by atoms with Gasteiger partial charge in [0, 0.05) is 30.7 Å². The molecule has 1 aromatic heterocycles. The van der Waals surface area contributed by atoms with Gasteiger partial charge in [0.15, 0.2) is 5.13 Å². The number of carbonyl (C=O) groups excluding carboxylic acids is 1. The Morgan fingerprint density at radius 3 is 2.45 bits per heavy atom. The number of benzene rings is 1. The Labute approximate surface area is 119 Å². The van der Waals surface area contributed by atoms with Crippen molar-refractivity contribution in [2.24, 2.45) is 0 Å². The quantitative estimate of drug-likeness (QED) is 0.844. The lowest BCUT2D eigenvalue weighted by molar-refractivity contribution is -0.147. The van der Waals surface area contributed by atoms with Crippen LogP contribution in [0.3, 0.4) is 0 Å². The van der Waals surface area contributed by atoms with Gasteiger partial charge in [-0.25, -0.2) is 9.78 Å². The molecule has 0 aliphatic carbocycles. The fourth-order valence-corrected chi connectivity index (χ4v) is 2.26. The third-order valence-electron chi connectivity index (χ3n) is 2.60. The maximum absolute atomic E-state index is 11.0. The number of aromatic nitrogens is 1. The van der Waals surface area contributed by atoms with Crippen LogP contribution >= 0.6 is 11.3 Å². The molecule has 7 heteroatoms. The van der Waals surface area contributed by atoms with E-state index >= 15 is 0 Å². The summed E-state index contributed by atoms with van der Waals surface area (Å²) in [7, 11) is 3.91. The standard InChI is InChI=1S/C13H13N3O3S/c1-16(2)9-5-3-8(4-6-9)10-7-20-13(14-10)15-11(17)12(18)19/h3-7H,1-2H3,(H,18,19)(H,14,15,17). The molecule has 0 unspecified atom stereocenters. The third kappa shape index (κ3) is 3.12. The van der Waals surface area contributed by atoms with Gasteiger partial charge in [-0.3, -0.25) is 10.1 Å². The number of amides is 1. The topological polar surface area (TPSA) is 82.5 Å². The van der Waals surface area contributed by atoms with Crippen LogP contribution in [-0.4, -0.2) is 36.1 Å². The highest BCUT2D eigenvalue weighted by Crippen LogP contribution is 2.26. The van der Waals surface area contributed by atoms with Crippen molar-refractivity contribution in [3.05, 3.63) is 29.6 Å². The molecule has 20 heavy (non-hydrogen) atoms. The zero-order valence-corrected chi connectivity index (χ0v) is 11.8.